The summed E-state index contributed by atoms with van der Waals surface area (Å²) in [6, 6.07) is 13.8. The van der Waals surface area contributed by atoms with Crippen LogP contribution in [0.25, 0.3) is 11.7 Å². The number of aromatic nitrogens is 2. The lowest BCUT2D eigenvalue weighted by Gasteiger charge is -2.36. The smallest absolute Gasteiger partial charge is 0.246 e. The lowest BCUT2D eigenvalue weighted by atomic mass is 10.2. The number of rotatable bonds is 4. The molecule has 1 saturated heterocycles. The molecule has 0 bridgehead atoms. The van der Waals surface area contributed by atoms with E-state index in [9.17, 15) is 4.79 Å². The van der Waals surface area contributed by atoms with Crippen LogP contribution in [0.5, 0.6) is 5.75 Å². The zero-order valence-corrected chi connectivity index (χ0v) is 15.3. The number of imidazole rings is 1. The molecule has 1 aliphatic rings. The van der Waals surface area contributed by atoms with E-state index in [2.05, 4.69) is 16.0 Å². The Kier molecular flexibility index (Phi) is 4.78. The van der Waals surface area contributed by atoms with Gasteiger partial charge >= 0.3 is 0 Å². The maximum atomic E-state index is 12.6. The van der Waals surface area contributed by atoms with E-state index in [1.54, 1.807) is 19.4 Å². The molecule has 3 aromatic rings. The summed E-state index contributed by atoms with van der Waals surface area (Å²) in [7, 11) is 1.68. The lowest BCUT2D eigenvalue weighted by Crippen LogP contribution is -2.48. The van der Waals surface area contributed by atoms with Crippen molar-refractivity contribution in [2.24, 2.45) is 0 Å². The van der Waals surface area contributed by atoms with Crippen LogP contribution in [-0.2, 0) is 4.79 Å². The minimum atomic E-state index is 0.0283. The van der Waals surface area contributed by atoms with Crippen molar-refractivity contribution in [1.29, 1.82) is 0 Å². The number of piperazine rings is 1. The van der Waals surface area contributed by atoms with Crippen molar-refractivity contribution in [3.8, 4) is 5.75 Å². The Morgan fingerprint density at radius 2 is 1.85 bits per heavy atom. The topological polar surface area (TPSA) is 50.1 Å². The molecular formula is C21H22N4O2. The molecule has 138 valence electrons. The number of ether oxygens (including phenoxy) is 1. The zero-order chi connectivity index (χ0) is 18.6. The summed E-state index contributed by atoms with van der Waals surface area (Å²) in [5.41, 5.74) is 2.84. The van der Waals surface area contributed by atoms with Crippen molar-refractivity contribution in [2.45, 2.75) is 0 Å². The number of nitrogens with zero attached hydrogens (tertiary/aromatic N) is 4. The monoisotopic (exact) mass is 362 g/mol. The predicted molar refractivity (Wildman–Crippen MR) is 106 cm³/mol. The number of methoxy groups -OCH3 is 1. The molecule has 4 rings (SSSR count). The second-order valence-corrected chi connectivity index (χ2v) is 6.43. The number of pyridine rings is 1. The standard InChI is InChI=1S/C21H22N4O2/c1-27-19-7-3-2-6-18(19)23-12-14-24(15-13-23)21(26)10-9-17-16-22-20-8-4-5-11-25(17)20/h2-11,16H,12-15H2,1H3/b10-9+. The molecule has 3 heterocycles. The Morgan fingerprint density at radius 1 is 1.07 bits per heavy atom. The first kappa shape index (κ1) is 17.1. The van der Waals surface area contributed by atoms with E-state index in [4.69, 9.17) is 4.74 Å². The molecule has 1 aromatic carbocycles. The van der Waals surface area contributed by atoms with E-state index in [0.29, 0.717) is 13.1 Å². The predicted octanol–water partition coefficient (Wildman–Crippen LogP) is 2.70. The number of amides is 1. The summed E-state index contributed by atoms with van der Waals surface area (Å²) in [5, 5.41) is 0. The van der Waals surface area contributed by atoms with Crippen LogP contribution in [0.1, 0.15) is 5.69 Å². The normalized spacial score (nSPS) is 14.9. The van der Waals surface area contributed by atoms with Gasteiger partial charge in [-0.1, -0.05) is 18.2 Å². The molecule has 0 aliphatic carbocycles. The average molecular weight is 362 g/mol. The first-order valence-corrected chi connectivity index (χ1v) is 9.03. The number of benzene rings is 1. The van der Waals surface area contributed by atoms with Gasteiger partial charge in [0.15, 0.2) is 0 Å². The summed E-state index contributed by atoms with van der Waals surface area (Å²) in [6.45, 7) is 2.95. The van der Waals surface area contributed by atoms with Crippen LogP contribution in [0.4, 0.5) is 5.69 Å². The molecule has 1 aliphatic heterocycles. The highest BCUT2D eigenvalue weighted by molar-refractivity contribution is 5.91. The molecule has 0 saturated carbocycles. The molecule has 0 N–H and O–H groups in total. The van der Waals surface area contributed by atoms with Gasteiger partial charge in [-0.25, -0.2) is 4.98 Å². The second-order valence-electron chi connectivity index (χ2n) is 6.43. The molecule has 6 heteroatoms. The summed E-state index contributed by atoms with van der Waals surface area (Å²) in [5.74, 6) is 0.894. The molecular weight excluding hydrogens is 340 g/mol. The fraction of sp³-hybridized carbons (Fsp3) is 0.238. The van der Waals surface area contributed by atoms with Gasteiger partial charge < -0.3 is 18.9 Å². The summed E-state index contributed by atoms with van der Waals surface area (Å²) >= 11 is 0. The van der Waals surface area contributed by atoms with E-state index in [0.717, 1.165) is 35.9 Å². The van der Waals surface area contributed by atoms with Crippen molar-refractivity contribution >= 4 is 23.3 Å². The molecule has 1 fully saturated rings. The van der Waals surface area contributed by atoms with Crippen molar-refractivity contribution in [2.75, 3.05) is 38.2 Å². The van der Waals surface area contributed by atoms with Gasteiger partial charge in [-0.15, -0.1) is 0 Å². The van der Waals surface area contributed by atoms with E-state index < -0.39 is 0 Å². The summed E-state index contributed by atoms with van der Waals surface area (Å²) in [4.78, 5) is 21.0. The summed E-state index contributed by atoms with van der Waals surface area (Å²) < 4.78 is 7.41. The fourth-order valence-electron chi connectivity index (χ4n) is 3.40. The average Bonchev–Trinajstić information content (AvgIpc) is 3.15. The zero-order valence-electron chi connectivity index (χ0n) is 15.3. The molecule has 2 aromatic heterocycles. The van der Waals surface area contributed by atoms with Gasteiger partial charge in [0.1, 0.15) is 11.4 Å². The van der Waals surface area contributed by atoms with Crippen molar-refractivity contribution < 1.29 is 9.53 Å². The van der Waals surface area contributed by atoms with Crippen LogP contribution in [0.3, 0.4) is 0 Å². The SMILES string of the molecule is COc1ccccc1N1CCN(C(=O)/C=C/c2cnc3ccccn23)CC1. The van der Waals surface area contributed by atoms with Crippen molar-refractivity contribution in [3.63, 3.8) is 0 Å². The number of carbonyl (C=O) groups excluding carboxylic acids is 1. The largest absolute Gasteiger partial charge is 0.495 e. The maximum absolute atomic E-state index is 12.6. The van der Waals surface area contributed by atoms with E-state index in [1.807, 2.05) is 58.0 Å². The van der Waals surface area contributed by atoms with Crippen LogP contribution >= 0.6 is 0 Å². The second kappa shape index (κ2) is 7.53. The highest BCUT2D eigenvalue weighted by atomic mass is 16.5. The Bertz CT molecular complexity index is 971. The third kappa shape index (κ3) is 3.51. The molecule has 0 atom stereocenters. The Morgan fingerprint density at radius 3 is 2.67 bits per heavy atom. The van der Waals surface area contributed by atoms with Crippen LogP contribution in [0.2, 0.25) is 0 Å². The van der Waals surface area contributed by atoms with Gasteiger partial charge in [-0.3, -0.25) is 4.79 Å². The van der Waals surface area contributed by atoms with Crippen LogP contribution in [-0.4, -0.2) is 53.5 Å². The third-order valence-electron chi connectivity index (χ3n) is 4.86. The molecule has 0 spiro atoms. The molecule has 27 heavy (non-hydrogen) atoms. The van der Waals surface area contributed by atoms with Gasteiger partial charge in [0, 0.05) is 38.5 Å². The number of hydrogen-bond donors (Lipinski definition) is 0. The number of para-hydroxylation sites is 2. The Balaban J connectivity index is 1.40. The highest BCUT2D eigenvalue weighted by Crippen LogP contribution is 2.28. The van der Waals surface area contributed by atoms with E-state index in [-0.39, 0.29) is 5.91 Å². The molecule has 0 radical (unpaired) electrons. The van der Waals surface area contributed by atoms with Gasteiger partial charge in [0.05, 0.1) is 24.7 Å². The van der Waals surface area contributed by atoms with Gasteiger partial charge in [-0.2, -0.15) is 0 Å². The molecule has 0 unspecified atom stereocenters. The van der Waals surface area contributed by atoms with Crippen LogP contribution in [0, 0.1) is 0 Å². The lowest BCUT2D eigenvalue weighted by molar-refractivity contribution is -0.126. The number of carbonyl (C=O) groups is 1. The minimum Gasteiger partial charge on any atom is -0.495 e. The molecule has 1 amide bonds. The maximum Gasteiger partial charge on any atom is 0.246 e. The molecule has 6 nitrogen and oxygen atoms in total. The number of anilines is 1. The first-order chi connectivity index (χ1) is 13.3. The quantitative estimate of drug-likeness (QED) is 0.670. The summed E-state index contributed by atoms with van der Waals surface area (Å²) in [6.07, 6.45) is 7.18. The third-order valence-corrected chi connectivity index (χ3v) is 4.86. The highest BCUT2D eigenvalue weighted by Gasteiger charge is 2.21. The Labute approximate surface area is 158 Å². The van der Waals surface area contributed by atoms with Crippen LogP contribution < -0.4 is 9.64 Å². The van der Waals surface area contributed by atoms with Gasteiger partial charge in [0.25, 0.3) is 0 Å². The minimum absolute atomic E-state index is 0.0283. The number of hydrogen-bond acceptors (Lipinski definition) is 4. The van der Waals surface area contributed by atoms with Gasteiger partial charge in [-0.05, 0) is 30.3 Å². The van der Waals surface area contributed by atoms with Crippen molar-refractivity contribution in [1.82, 2.24) is 14.3 Å². The first-order valence-electron chi connectivity index (χ1n) is 9.03. The van der Waals surface area contributed by atoms with E-state index >= 15 is 0 Å². The van der Waals surface area contributed by atoms with E-state index in [1.165, 1.54) is 0 Å². The Hall–Kier alpha value is -3.28. The number of fused-ring (bicyclic) bond motifs is 1. The van der Waals surface area contributed by atoms with Crippen molar-refractivity contribution in [3.05, 3.63) is 66.6 Å². The van der Waals surface area contributed by atoms with Gasteiger partial charge in [0.2, 0.25) is 5.91 Å². The fourth-order valence-corrected chi connectivity index (χ4v) is 3.40. The van der Waals surface area contributed by atoms with Crippen LogP contribution in [0.15, 0.2) is 60.9 Å².